The van der Waals surface area contributed by atoms with Crippen molar-refractivity contribution >= 4 is 11.2 Å². The maximum absolute atomic E-state index is 11.8. The number of rotatable bonds is 3. The molecule has 0 aliphatic heterocycles. The van der Waals surface area contributed by atoms with Gasteiger partial charge in [0.1, 0.15) is 18.9 Å². The Morgan fingerprint density at radius 2 is 2.09 bits per heavy atom. The summed E-state index contributed by atoms with van der Waals surface area (Å²) in [5.41, 5.74) is 11.8. The van der Waals surface area contributed by atoms with Crippen molar-refractivity contribution < 1.29 is 14.9 Å². The minimum atomic E-state index is -1.19. The molecule has 0 saturated heterocycles. The van der Waals surface area contributed by atoms with Crippen LogP contribution in [0.4, 0.5) is 0 Å². The van der Waals surface area contributed by atoms with E-state index in [0.717, 1.165) is 0 Å². The van der Waals surface area contributed by atoms with Crippen molar-refractivity contribution in [3.05, 3.63) is 23.0 Å². The van der Waals surface area contributed by atoms with Crippen molar-refractivity contribution in [3.63, 3.8) is 0 Å². The number of hydrogen-bond acceptors (Lipinski definition) is 8. The first-order chi connectivity index (χ1) is 10.5. The van der Waals surface area contributed by atoms with Gasteiger partial charge in [0.05, 0.1) is 18.8 Å². The highest BCUT2D eigenvalue weighted by atomic mass is 16.5. The van der Waals surface area contributed by atoms with Gasteiger partial charge in [-0.25, -0.2) is 9.97 Å². The van der Waals surface area contributed by atoms with Crippen molar-refractivity contribution in [2.24, 2.45) is 11.5 Å². The highest BCUT2D eigenvalue weighted by Crippen LogP contribution is 2.21. The summed E-state index contributed by atoms with van der Waals surface area (Å²) in [6.07, 6.45) is -0.0743. The van der Waals surface area contributed by atoms with E-state index in [1.54, 1.807) is 0 Å². The second-order valence-corrected chi connectivity index (χ2v) is 5.42. The number of aliphatic hydroxyl groups is 2. The number of H-pyrrole nitrogens is 1. The molecule has 0 spiro atoms. The Bertz CT molecular complexity index is 715. The molecule has 0 radical (unpaired) electrons. The van der Waals surface area contributed by atoms with Gasteiger partial charge in [0, 0.05) is 12.1 Å². The Balaban J connectivity index is 1.78. The molecule has 1 aliphatic rings. The van der Waals surface area contributed by atoms with E-state index in [1.165, 1.54) is 17.2 Å². The summed E-state index contributed by atoms with van der Waals surface area (Å²) >= 11 is 0. The van der Waals surface area contributed by atoms with E-state index in [-0.39, 0.29) is 17.8 Å². The van der Waals surface area contributed by atoms with Gasteiger partial charge < -0.3 is 36.0 Å². The maximum Gasteiger partial charge on any atom is 0.277 e. The Morgan fingerprint density at radius 1 is 1.32 bits per heavy atom. The molecule has 1 aliphatic carbocycles. The summed E-state index contributed by atoms with van der Waals surface area (Å²) in [6.45, 7) is -0.0529. The fourth-order valence-corrected chi connectivity index (χ4v) is 2.69. The standard InChI is InChI=1S/C12H18N6O4/c13-5-1-6(14)10(9(20)8(5)19)22-4-18-3-17-11-7(18)12(21)16-2-15-11/h2-3,5-6,8-10,19-20H,1,4,13-14H2,(H,15,16,21)/t5-,6+,8+,9-,10-/m0/s1. The maximum atomic E-state index is 11.8. The lowest BCUT2D eigenvalue weighted by Gasteiger charge is -2.39. The third-order valence-electron chi connectivity index (χ3n) is 3.91. The lowest BCUT2D eigenvalue weighted by molar-refractivity contribution is -0.141. The van der Waals surface area contributed by atoms with E-state index in [4.69, 9.17) is 16.2 Å². The first kappa shape index (κ1) is 15.1. The number of imidazole rings is 1. The van der Waals surface area contributed by atoms with Gasteiger partial charge in [-0.2, -0.15) is 0 Å². The van der Waals surface area contributed by atoms with Gasteiger partial charge in [0.2, 0.25) is 0 Å². The molecule has 0 unspecified atom stereocenters. The zero-order valence-electron chi connectivity index (χ0n) is 11.7. The monoisotopic (exact) mass is 310 g/mol. The lowest BCUT2D eigenvalue weighted by atomic mass is 9.85. The number of nitrogens with one attached hydrogen (secondary N) is 1. The van der Waals surface area contributed by atoms with E-state index >= 15 is 0 Å². The van der Waals surface area contributed by atoms with Crippen LogP contribution < -0.4 is 17.0 Å². The summed E-state index contributed by atoms with van der Waals surface area (Å²) in [6, 6.07) is -1.11. The molecule has 5 atom stereocenters. The number of aliphatic hydroxyl groups excluding tert-OH is 2. The number of ether oxygens (including phenoxy) is 1. The number of aromatic amines is 1. The van der Waals surface area contributed by atoms with Gasteiger partial charge in [-0.15, -0.1) is 0 Å². The average molecular weight is 310 g/mol. The molecule has 0 bridgehead atoms. The molecule has 22 heavy (non-hydrogen) atoms. The first-order valence-electron chi connectivity index (χ1n) is 6.86. The van der Waals surface area contributed by atoms with Gasteiger partial charge in [-0.3, -0.25) is 4.79 Å². The van der Waals surface area contributed by atoms with E-state index < -0.39 is 30.4 Å². The first-order valence-corrected chi connectivity index (χ1v) is 6.86. The second-order valence-electron chi connectivity index (χ2n) is 5.42. The third-order valence-corrected chi connectivity index (χ3v) is 3.91. The van der Waals surface area contributed by atoms with E-state index in [9.17, 15) is 15.0 Å². The Labute approximate surface area is 124 Å². The van der Waals surface area contributed by atoms with Crippen LogP contribution in [0.3, 0.4) is 0 Å². The molecule has 2 heterocycles. The van der Waals surface area contributed by atoms with E-state index in [1.807, 2.05) is 0 Å². The van der Waals surface area contributed by atoms with Crippen molar-refractivity contribution in [1.82, 2.24) is 19.5 Å². The van der Waals surface area contributed by atoms with Crippen LogP contribution in [0.5, 0.6) is 0 Å². The van der Waals surface area contributed by atoms with Crippen LogP contribution in [0.25, 0.3) is 11.2 Å². The highest BCUT2D eigenvalue weighted by Gasteiger charge is 2.41. The molecular weight excluding hydrogens is 292 g/mol. The van der Waals surface area contributed by atoms with Crippen LogP contribution in [0.2, 0.25) is 0 Å². The summed E-state index contributed by atoms with van der Waals surface area (Å²) in [5, 5.41) is 19.8. The molecule has 10 heteroatoms. The van der Waals surface area contributed by atoms with Gasteiger partial charge in [-0.05, 0) is 6.42 Å². The van der Waals surface area contributed by atoms with E-state index in [0.29, 0.717) is 12.1 Å². The molecule has 2 aromatic heterocycles. The number of hydrogen-bond donors (Lipinski definition) is 5. The van der Waals surface area contributed by atoms with Gasteiger partial charge in [0.15, 0.2) is 11.2 Å². The second kappa shape index (κ2) is 5.74. The van der Waals surface area contributed by atoms with E-state index in [2.05, 4.69) is 15.0 Å². The Kier molecular flexibility index (Phi) is 3.93. The smallest absolute Gasteiger partial charge is 0.277 e. The lowest BCUT2D eigenvalue weighted by Crippen LogP contribution is -2.62. The summed E-state index contributed by atoms with van der Waals surface area (Å²) < 4.78 is 7.05. The van der Waals surface area contributed by atoms with Crippen LogP contribution in [0, 0.1) is 0 Å². The highest BCUT2D eigenvalue weighted by molar-refractivity contribution is 5.68. The predicted octanol–water partition coefficient (Wildman–Crippen LogP) is -2.76. The molecule has 1 saturated carbocycles. The van der Waals surface area contributed by atoms with Crippen molar-refractivity contribution in [2.75, 3.05) is 0 Å². The fraction of sp³-hybridized carbons (Fsp3) is 0.583. The summed E-state index contributed by atoms with van der Waals surface area (Å²) in [7, 11) is 0. The molecule has 0 amide bonds. The van der Waals surface area contributed by atoms with Crippen molar-refractivity contribution in [1.29, 1.82) is 0 Å². The number of nitrogens with zero attached hydrogens (tertiary/aromatic N) is 3. The van der Waals surface area contributed by atoms with Crippen LogP contribution in [0.1, 0.15) is 6.42 Å². The Hall–Kier alpha value is -1.85. The van der Waals surface area contributed by atoms with Gasteiger partial charge in [-0.1, -0.05) is 0 Å². The molecule has 120 valence electrons. The summed E-state index contributed by atoms with van der Waals surface area (Å²) in [5.74, 6) is 0. The minimum Gasteiger partial charge on any atom is -0.389 e. The average Bonchev–Trinajstić information content (AvgIpc) is 2.89. The van der Waals surface area contributed by atoms with Crippen LogP contribution >= 0.6 is 0 Å². The quantitative estimate of drug-likeness (QED) is 0.406. The van der Waals surface area contributed by atoms with Gasteiger partial charge in [0.25, 0.3) is 5.56 Å². The van der Waals surface area contributed by atoms with Gasteiger partial charge >= 0.3 is 0 Å². The third kappa shape index (κ3) is 2.51. The van der Waals surface area contributed by atoms with Crippen molar-refractivity contribution in [2.45, 2.75) is 43.5 Å². The molecule has 3 rings (SSSR count). The normalized spacial score (nSPS) is 32.5. The van der Waals surface area contributed by atoms with Crippen molar-refractivity contribution in [3.8, 4) is 0 Å². The van der Waals surface area contributed by atoms with Crippen LogP contribution in [-0.2, 0) is 11.5 Å². The predicted molar refractivity (Wildman–Crippen MR) is 75.6 cm³/mol. The zero-order valence-corrected chi connectivity index (χ0v) is 11.7. The number of fused-ring (bicyclic) bond motifs is 1. The zero-order chi connectivity index (χ0) is 15.9. The molecular formula is C12H18N6O4. The molecule has 10 nitrogen and oxygen atoms in total. The summed E-state index contributed by atoms with van der Waals surface area (Å²) in [4.78, 5) is 22.2. The fourth-order valence-electron chi connectivity index (χ4n) is 2.69. The van der Waals surface area contributed by atoms with Crippen LogP contribution in [-0.4, -0.2) is 60.1 Å². The molecule has 1 fully saturated rings. The SMILES string of the molecule is N[C@@H]1C[C@H](N)[C@@H](O)[C@H](O)[C@H]1OCn1cnc2nc[nH]c(=O)c21. The number of aromatic nitrogens is 4. The van der Waals surface area contributed by atoms with Crippen LogP contribution in [0.15, 0.2) is 17.4 Å². The molecule has 2 aromatic rings. The Morgan fingerprint density at radius 3 is 2.86 bits per heavy atom. The number of nitrogens with two attached hydrogens (primary N) is 2. The molecule has 0 aromatic carbocycles. The topological polar surface area (TPSA) is 165 Å². The minimum absolute atomic E-state index is 0.0529. The molecule has 7 N–H and O–H groups in total. The largest absolute Gasteiger partial charge is 0.389 e.